The van der Waals surface area contributed by atoms with Gasteiger partial charge in [0.15, 0.2) is 0 Å². The molecule has 0 unspecified atom stereocenters. The van der Waals surface area contributed by atoms with Gasteiger partial charge in [0.1, 0.15) is 5.82 Å². The Bertz CT molecular complexity index is 350. The topological polar surface area (TPSA) is 73.1 Å². The van der Waals surface area contributed by atoms with Crippen LogP contribution >= 0.6 is 0 Å². The van der Waals surface area contributed by atoms with Crippen molar-refractivity contribution >= 4 is 5.82 Å². The van der Waals surface area contributed by atoms with Gasteiger partial charge in [-0.1, -0.05) is 12.8 Å². The Morgan fingerprint density at radius 3 is 2.81 bits per heavy atom. The summed E-state index contributed by atoms with van der Waals surface area (Å²) >= 11 is 0. The van der Waals surface area contributed by atoms with Crippen molar-refractivity contribution in [3.63, 3.8) is 0 Å². The summed E-state index contributed by atoms with van der Waals surface area (Å²) in [5, 5.41) is 3.40. The van der Waals surface area contributed by atoms with Crippen LogP contribution in [0.4, 0.5) is 5.82 Å². The Kier molecular flexibility index (Phi) is 3.24. The summed E-state index contributed by atoms with van der Waals surface area (Å²) in [6, 6.07) is 0. The van der Waals surface area contributed by atoms with Crippen LogP contribution in [0.25, 0.3) is 0 Å². The molecule has 2 rings (SSSR count). The highest BCUT2D eigenvalue weighted by Gasteiger charge is 2.32. The molecule has 0 spiro atoms. The van der Waals surface area contributed by atoms with Crippen LogP contribution in [0, 0.1) is 0 Å². The molecule has 1 aromatic rings. The van der Waals surface area contributed by atoms with E-state index in [0.717, 1.165) is 18.7 Å². The summed E-state index contributed by atoms with van der Waals surface area (Å²) in [5.74, 6) is 1.27. The van der Waals surface area contributed by atoms with Crippen molar-refractivity contribution < 1.29 is 4.74 Å². The molecule has 1 aliphatic rings. The second-order valence-corrected chi connectivity index (χ2v) is 4.26. The summed E-state index contributed by atoms with van der Waals surface area (Å²) in [7, 11) is 1.59. The molecule has 5 heteroatoms. The summed E-state index contributed by atoms with van der Waals surface area (Å²) in [6.45, 7) is 0.631. The monoisotopic (exact) mass is 222 g/mol. The number of hydrogen-bond donors (Lipinski definition) is 2. The summed E-state index contributed by atoms with van der Waals surface area (Å²) < 4.78 is 5.04. The molecule has 16 heavy (non-hydrogen) atoms. The lowest BCUT2D eigenvalue weighted by Gasteiger charge is -2.29. The quantitative estimate of drug-likeness (QED) is 0.800. The molecule has 0 radical (unpaired) electrons. The van der Waals surface area contributed by atoms with E-state index in [0.29, 0.717) is 12.4 Å². The second-order valence-electron chi connectivity index (χ2n) is 4.26. The molecular formula is C11H18N4O. The van der Waals surface area contributed by atoms with Gasteiger partial charge in [0.2, 0.25) is 5.88 Å². The van der Waals surface area contributed by atoms with Crippen LogP contribution in [0.2, 0.25) is 0 Å². The molecular weight excluding hydrogens is 204 g/mol. The largest absolute Gasteiger partial charge is 0.480 e. The molecule has 0 aliphatic heterocycles. The number of hydrogen-bond acceptors (Lipinski definition) is 5. The van der Waals surface area contributed by atoms with Gasteiger partial charge in [-0.25, -0.2) is 0 Å². The van der Waals surface area contributed by atoms with E-state index >= 15 is 0 Å². The number of rotatable bonds is 4. The SMILES string of the molecule is COc1cncc(NC2(CN)CCCC2)n1. The number of anilines is 1. The van der Waals surface area contributed by atoms with E-state index < -0.39 is 0 Å². The smallest absolute Gasteiger partial charge is 0.233 e. The molecule has 5 nitrogen and oxygen atoms in total. The van der Waals surface area contributed by atoms with E-state index in [1.165, 1.54) is 12.8 Å². The number of nitrogens with one attached hydrogen (secondary N) is 1. The number of aromatic nitrogens is 2. The third-order valence-corrected chi connectivity index (χ3v) is 3.17. The van der Waals surface area contributed by atoms with Crippen LogP contribution in [-0.2, 0) is 0 Å². The van der Waals surface area contributed by atoms with Crippen molar-refractivity contribution in [2.45, 2.75) is 31.2 Å². The summed E-state index contributed by atoms with van der Waals surface area (Å²) in [4.78, 5) is 8.37. The highest BCUT2D eigenvalue weighted by molar-refractivity contribution is 5.37. The molecule has 1 aliphatic carbocycles. The van der Waals surface area contributed by atoms with E-state index in [2.05, 4.69) is 15.3 Å². The maximum atomic E-state index is 5.85. The van der Waals surface area contributed by atoms with E-state index in [1.807, 2.05) is 0 Å². The van der Waals surface area contributed by atoms with Crippen LogP contribution in [0.3, 0.4) is 0 Å². The fraction of sp³-hybridized carbons (Fsp3) is 0.636. The number of nitrogens with zero attached hydrogens (tertiary/aromatic N) is 2. The van der Waals surface area contributed by atoms with Crippen molar-refractivity contribution in [1.82, 2.24) is 9.97 Å². The first-order valence-electron chi connectivity index (χ1n) is 5.62. The lowest BCUT2D eigenvalue weighted by Crippen LogP contribution is -2.43. The minimum absolute atomic E-state index is 0.00104. The van der Waals surface area contributed by atoms with Gasteiger partial charge in [-0.05, 0) is 12.8 Å². The van der Waals surface area contributed by atoms with E-state index in [1.54, 1.807) is 19.5 Å². The van der Waals surface area contributed by atoms with E-state index in [9.17, 15) is 0 Å². The zero-order chi connectivity index (χ0) is 11.4. The summed E-state index contributed by atoms with van der Waals surface area (Å²) in [5.41, 5.74) is 5.85. The van der Waals surface area contributed by atoms with Crippen LogP contribution in [0.1, 0.15) is 25.7 Å². The first-order valence-corrected chi connectivity index (χ1v) is 5.62. The fourth-order valence-corrected chi connectivity index (χ4v) is 2.21. The zero-order valence-corrected chi connectivity index (χ0v) is 9.57. The van der Waals surface area contributed by atoms with Crippen LogP contribution < -0.4 is 15.8 Å². The average molecular weight is 222 g/mol. The fourth-order valence-electron chi connectivity index (χ4n) is 2.21. The third-order valence-electron chi connectivity index (χ3n) is 3.17. The predicted octanol–water partition coefficient (Wildman–Crippen LogP) is 1.17. The molecule has 3 N–H and O–H groups in total. The molecule has 0 saturated heterocycles. The standard InChI is InChI=1S/C11H18N4O/c1-16-10-7-13-6-9(14-10)15-11(8-12)4-2-3-5-11/h6-7H,2-5,8,12H2,1H3,(H,14,15). The van der Waals surface area contributed by atoms with Crippen LogP contribution in [0.5, 0.6) is 5.88 Å². The highest BCUT2D eigenvalue weighted by Crippen LogP contribution is 2.31. The van der Waals surface area contributed by atoms with Crippen molar-refractivity contribution in [2.24, 2.45) is 5.73 Å². The lowest BCUT2D eigenvalue weighted by atomic mass is 9.98. The minimum atomic E-state index is 0.00104. The van der Waals surface area contributed by atoms with Crippen molar-refractivity contribution in [3.8, 4) is 5.88 Å². The third kappa shape index (κ3) is 2.24. The van der Waals surface area contributed by atoms with Crippen LogP contribution in [-0.4, -0.2) is 29.2 Å². The molecule has 0 bridgehead atoms. The summed E-state index contributed by atoms with van der Waals surface area (Å²) in [6.07, 6.45) is 7.95. The van der Waals surface area contributed by atoms with Crippen molar-refractivity contribution in [1.29, 1.82) is 0 Å². The van der Waals surface area contributed by atoms with Crippen LogP contribution in [0.15, 0.2) is 12.4 Å². The predicted molar refractivity (Wildman–Crippen MR) is 62.5 cm³/mol. The zero-order valence-electron chi connectivity index (χ0n) is 9.57. The average Bonchev–Trinajstić information content (AvgIpc) is 2.78. The van der Waals surface area contributed by atoms with Gasteiger partial charge in [-0.3, -0.25) is 4.98 Å². The number of nitrogens with two attached hydrogens (primary N) is 1. The van der Waals surface area contributed by atoms with Gasteiger partial charge < -0.3 is 15.8 Å². The second kappa shape index (κ2) is 4.65. The first kappa shape index (κ1) is 11.1. The van der Waals surface area contributed by atoms with E-state index in [-0.39, 0.29) is 5.54 Å². The van der Waals surface area contributed by atoms with Gasteiger partial charge in [-0.15, -0.1) is 0 Å². The molecule has 0 aromatic carbocycles. The maximum Gasteiger partial charge on any atom is 0.233 e. The highest BCUT2D eigenvalue weighted by atomic mass is 16.5. The number of methoxy groups -OCH3 is 1. The van der Waals surface area contributed by atoms with Gasteiger partial charge in [0.25, 0.3) is 0 Å². The van der Waals surface area contributed by atoms with Gasteiger partial charge in [-0.2, -0.15) is 4.98 Å². The first-order chi connectivity index (χ1) is 7.78. The molecule has 1 fully saturated rings. The van der Waals surface area contributed by atoms with Gasteiger partial charge in [0, 0.05) is 6.54 Å². The molecule has 1 heterocycles. The minimum Gasteiger partial charge on any atom is -0.480 e. The molecule has 88 valence electrons. The van der Waals surface area contributed by atoms with Gasteiger partial charge in [0.05, 0.1) is 25.0 Å². The Labute approximate surface area is 95.4 Å². The van der Waals surface area contributed by atoms with Crippen molar-refractivity contribution in [2.75, 3.05) is 19.0 Å². The van der Waals surface area contributed by atoms with Crippen molar-refractivity contribution in [3.05, 3.63) is 12.4 Å². The Balaban J connectivity index is 2.12. The van der Waals surface area contributed by atoms with Gasteiger partial charge >= 0.3 is 0 Å². The Hall–Kier alpha value is -1.36. The maximum absolute atomic E-state index is 5.85. The number of ether oxygens (including phenoxy) is 1. The molecule has 1 saturated carbocycles. The van der Waals surface area contributed by atoms with E-state index in [4.69, 9.17) is 10.5 Å². The Morgan fingerprint density at radius 1 is 1.44 bits per heavy atom. The molecule has 0 amide bonds. The molecule has 1 aromatic heterocycles. The normalized spacial score (nSPS) is 18.4. The lowest BCUT2D eigenvalue weighted by molar-refractivity contribution is 0.395. The Morgan fingerprint density at radius 2 is 2.19 bits per heavy atom. The molecule has 0 atom stereocenters.